The molecule has 0 aliphatic heterocycles. The third-order valence-corrected chi connectivity index (χ3v) is 16.0. The Morgan fingerprint density at radius 3 is 1.11 bits per heavy atom. The molecular weight excluding hydrogens is 1060 g/mol. The first-order valence-corrected chi connectivity index (χ1v) is 34.4. The van der Waals surface area contributed by atoms with E-state index in [2.05, 4.69) is 240 Å². The summed E-state index contributed by atoms with van der Waals surface area (Å²) in [5.41, 5.74) is 22.4. The monoisotopic (exact) mass is 1170 g/mol. The molecule has 4 heteroatoms. The molecule has 0 fully saturated rings. The maximum Gasteiger partial charge on any atom is 0.0567 e. The Labute approximate surface area is 531 Å². The van der Waals surface area contributed by atoms with Crippen molar-refractivity contribution in [3.8, 4) is 0 Å². The number of aromatic nitrogens is 4. The van der Waals surface area contributed by atoms with Gasteiger partial charge in [-0.3, -0.25) is 0 Å². The fourth-order valence-corrected chi connectivity index (χ4v) is 12.7. The van der Waals surface area contributed by atoms with Crippen molar-refractivity contribution in [2.75, 3.05) is 0 Å². The largest absolute Gasteiger partial charge is 0.341 e. The van der Waals surface area contributed by atoms with Gasteiger partial charge in [0.05, 0.1) is 11.0 Å². The van der Waals surface area contributed by atoms with Gasteiger partial charge in [-0.1, -0.05) is 256 Å². The van der Waals surface area contributed by atoms with Crippen LogP contribution in [0.2, 0.25) is 0 Å². The molecule has 4 aliphatic carbocycles. The Kier molecular flexibility index (Phi) is 28.6. The molecule has 0 saturated carbocycles. The lowest BCUT2D eigenvalue weighted by atomic mass is 10.0. The lowest BCUT2D eigenvalue weighted by Gasteiger charge is -2.07. The Morgan fingerprint density at radius 1 is 0.261 bits per heavy atom. The van der Waals surface area contributed by atoms with E-state index < -0.39 is 0 Å². The van der Waals surface area contributed by atoms with Crippen molar-refractivity contribution in [2.24, 2.45) is 0 Å². The number of aryl methyl sites for hydroxylation is 4. The lowest BCUT2D eigenvalue weighted by molar-refractivity contribution is 0.823. The summed E-state index contributed by atoms with van der Waals surface area (Å²) in [5.74, 6) is 0. The number of para-hydroxylation sites is 4. The highest BCUT2D eigenvalue weighted by Crippen LogP contribution is 2.39. The van der Waals surface area contributed by atoms with E-state index in [1.807, 2.05) is 111 Å². The number of allylic oxidation sites excluding steroid dienone is 4. The Hall–Kier alpha value is -8.08. The molecule has 4 heterocycles. The zero-order valence-electron chi connectivity index (χ0n) is 57.9. The SMILES string of the molecule is CC.CC.CC.CC.CC.CC.CC.CC.CCn1c2ccccc2c2cc3c(cc21)C=CC3.CCn1c2ccccc2c2cc3c(cc21)CC=C3.CCn1c2ccccc2c2ccc3c(c21)C=CC3.CCn1c2ccccc2c2ccc3c(c21)CC=C3. The number of benzene rings is 8. The van der Waals surface area contributed by atoms with Crippen LogP contribution < -0.4 is 0 Å². The molecule has 0 saturated heterocycles. The summed E-state index contributed by atoms with van der Waals surface area (Å²) in [6.07, 6.45) is 22.4. The van der Waals surface area contributed by atoms with Gasteiger partial charge < -0.3 is 18.3 Å². The van der Waals surface area contributed by atoms with E-state index in [0.717, 1.165) is 51.9 Å². The van der Waals surface area contributed by atoms with Gasteiger partial charge in [0, 0.05) is 108 Å². The fourth-order valence-electron chi connectivity index (χ4n) is 12.7. The summed E-state index contributed by atoms with van der Waals surface area (Å²) in [6.45, 7) is 45.0. The fraction of sp³-hybridized carbons (Fsp3) is 0.333. The highest BCUT2D eigenvalue weighted by Gasteiger charge is 2.19. The molecule has 0 unspecified atom stereocenters. The van der Waals surface area contributed by atoms with Crippen LogP contribution >= 0.6 is 0 Å². The molecule has 4 nitrogen and oxygen atoms in total. The molecule has 0 amide bonds. The molecule has 0 atom stereocenters. The molecule has 0 spiro atoms. The standard InChI is InChI=1S/4C17H15N.8C2H6/c2*1-2-18-16-9-4-3-8-14(16)15-10-12-6-5-7-13(12)11-17(15)18;2*1-2-18-16-9-4-3-7-14(16)15-11-10-12-6-5-8-13(12)17(15)18;8*1-2/h3-5,7-11H,2,6H2,1H3;3-6,8-11H,2,7H2,1H3;3-5,7-11H,2,6H2,1H3;3-7,9-11H,2,8H2,1H3;8*1-2H3. The molecule has 0 N–H and O–H groups in total. The Balaban J connectivity index is 0.000000198. The van der Waals surface area contributed by atoms with E-state index in [9.17, 15) is 0 Å². The molecule has 4 aliphatic rings. The minimum absolute atomic E-state index is 1.02. The van der Waals surface area contributed by atoms with Crippen molar-refractivity contribution >= 4 is 112 Å². The number of rotatable bonds is 4. The van der Waals surface area contributed by atoms with Gasteiger partial charge in [0.2, 0.25) is 0 Å². The zero-order valence-corrected chi connectivity index (χ0v) is 57.9. The molecule has 16 rings (SSSR count). The quantitative estimate of drug-likeness (QED) is 0.167. The second kappa shape index (κ2) is 35.7. The average Bonchev–Trinajstić information content (AvgIpc) is 2.33. The van der Waals surface area contributed by atoms with Gasteiger partial charge in [-0.2, -0.15) is 0 Å². The van der Waals surface area contributed by atoms with Gasteiger partial charge in [0.15, 0.2) is 0 Å². The minimum atomic E-state index is 1.02. The van der Waals surface area contributed by atoms with Crippen molar-refractivity contribution in [1.82, 2.24) is 18.3 Å². The van der Waals surface area contributed by atoms with Crippen LogP contribution in [0.15, 0.2) is 170 Å². The molecule has 4 aromatic heterocycles. The van der Waals surface area contributed by atoms with Gasteiger partial charge in [-0.15, -0.1) is 0 Å². The van der Waals surface area contributed by atoms with Gasteiger partial charge in [0.1, 0.15) is 0 Å². The predicted octanol–water partition coefficient (Wildman–Crippen LogP) is 25.7. The van der Waals surface area contributed by atoms with Gasteiger partial charge >= 0.3 is 0 Å². The minimum Gasteiger partial charge on any atom is -0.341 e. The van der Waals surface area contributed by atoms with Crippen molar-refractivity contribution in [1.29, 1.82) is 0 Å². The molecule has 0 bridgehead atoms. The number of fused-ring (bicyclic) bond motifs is 18. The summed E-state index contributed by atoms with van der Waals surface area (Å²) in [5, 5.41) is 11.1. The van der Waals surface area contributed by atoms with E-state index in [1.54, 1.807) is 0 Å². The van der Waals surface area contributed by atoms with E-state index >= 15 is 0 Å². The van der Waals surface area contributed by atoms with E-state index in [1.165, 1.54) is 132 Å². The van der Waals surface area contributed by atoms with E-state index in [0.29, 0.717) is 0 Å². The number of hydrogen-bond donors (Lipinski definition) is 0. The molecule has 8 aromatic carbocycles. The van der Waals surface area contributed by atoms with Crippen LogP contribution in [0.1, 0.15) is 183 Å². The summed E-state index contributed by atoms with van der Waals surface area (Å²) < 4.78 is 9.73. The van der Waals surface area contributed by atoms with Gasteiger partial charge in [0.25, 0.3) is 0 Å². The molecule has 464 valence electrons. The lowest BCUT2D eigenvalue weighted by Crippen LogP contribution is -1.96. The van der Waals surface area contributed by atoms with Crippen LogP contribution in [0.4, 0.5) is 0 Å². The Bertz CT molecular complexity index is 4230. The maximum absolute atomic E-state index is 2.45. The molecule has 12 aromatic rings. The summed E-state index contributed by atoms with van der Waals surface area (Å²) in [4.78, 5) is 0. The first-order chi connectivity index (χ1) is 43.6. The highest BCUT2D eigenvalue weighted by molar-refractivity contribution is 6.13. The van der Waals surface area contributed by atoms with Crippen LogP contribution in [-0.2, 0) is 51.9 Å². The third-order valence-electron chi connectivity index (χ3n) is 16.0. The summed E-state index contributed by atoms with van der Waals surface area (Å²) in [6, 6.07) is 53.4. The van der Waals surface area contributed by atoms with Crippen molar-refractivity contribution in [3.63, 3.8) is 0 Å². The number of hydrogen-bond acceptors (Lipinski definition) is 0. The molecule has 88 heavy (non-hydrogen) atoms. The average molecular weight is 1170 g/mol. The van der Waals surface area contributed by atoms with E-state index in [-0.39, 0.29) is 0 Å². The van der Waals surface area contributed by atoms with Crippen LogP contribution in [0.3, 0.4) is 0 Å². The van der Waals surface area contributed by atoms with Crippen molar-refractivity contribution in [2.45, 2.75) is 190 Å². The first kappa shape index (κ1) is 70.7. The van der Waals surface area contributed by atoms with Gasteiger partial charge in [-0.05, 0) is 141 Å². The van der Waals surface area contributed by atoms with Crippen LogP contribution in [-0.4, -0.2) is 18.3 Å². The van der Waals surface area contributed by atoms with Crippen molar-refractivity contribution < 1.29 is 0 Å². The second-order valence-corrected chi connectivity index (χ2v) is 19.7. The topological polar surface area (TPSA) is 19.7 Å². The molecular formula is C84H108N4. The normalized spacial score (nSPS) is 11.7. The zero-order chi connectivity index (χ0) is 64.5. The van der Waals surface area contributed by atoms with Crippen molar-refractivity contribution in [3.05, 3.63) is 214 Å². The van der Waals surface area contributed by atoms with E-state index in [4.69, 9.17) is 0 Å². The first-order valence-electron chi connectivity index (χ1n) is 34.4. The third kappa shape index (κ3) is 13.9. The van der Waals surface area contributed by atoms with Crippen LogP contribution in [0.5, 0.6) is 0 Å². The highest BCUT2D eigenvalue weighted by atomic mass is 15.0. The predicted molar refractivity (Wildman–Crippen MR) is 402 cm³/mol. The Morgan fingerprint density at radius 2 is 0.614 bits per heavy atom. The molecule has 0 radical (unpaired) electrons. The maximum atomic E-state index is 2.45. The second-order valence-electron chi connectivity index (χ2n) is 19.7. The van der Waals surface area contributed by atoms with Crippen LogP contribution in [0, 0.1) is 0 Å². The summed E-state index contributed by atoms with van der Waals surface area (Å²) in [7, 11) is 0. The smallest absolute Gasteiger partial charge is 0.0567 e. The number of nitrogens with zero attached hydrogens (tertiary/aromatic N) is 4. The van der Waals surface area contributed by atoms with Gasteiger partial charge in [-0.25, -0.2) is 0 Å². The summed E-state index contributed by atoms with van der Waals surface area (Å²) >= 11 is 0. The van der Waals surface area contributed by atoms with Crippen LogP contribution in [0.25, 0.3) is 112 Å².